The molecule has 0 spiro atoms. The Morgan fingerprint density at radius 2 is 2.07 bits per heavy atom. The molecule has 1 rings (SSSR count). The van der Waals surface area contributed by atoms with Gasteiger partial charge in [-0.05, 0) is 29.4 Å². The second-order valence-corrected chi connectivity index (χ2v) is 3.36. The Morgan fingerprint density at radius 3 is 2.64 bits per heavy atom. The van der Waals surface area contributed by atoms with Crippen LogP contribution in [0.1, 0.15) is 26.7 Å². The van der Waals surface area contributed by atoms with Crippen molar-refractivity contribution in [1.82, 2.24) is 0 Å². The van der Waals surface area contributed by atoms with Gasteiger partial charge in [0.1, 0.15) is 0 Å². The van der Waals surface area contributed by atoms with Crippen LogP contribution in [-0.2, 0) is 0 Å². The first-order valence-corrected chi connectivity index (χ1v) is 5.20. The molecule has 0 heteroatoms. The molecule has 0 aliphatic heterocycles. The number of hydrogen-bond donors (Lipinski definition) is 0. The van der Waals surface area contributed by atoms with Crippen LogP contribution in [0.25, 0.3) is 11.6 Å². The largest absolute Gasteiger partial charge is 0.0988 e. The molecule has 0 unspecified atom stereocenters. The third-order valence-corrected chi connectivity index (χ3v) is 2.38. The van der Waals surface area contributed by atoms with Crippen LogP contribution < -0.4 is 10.4 Å². The molecule has 0 nitrogen and oxygen atoms in total. The summed E-state index contributed by atoms with van der Waals surface area (Å²) in [5, 5.41) is 2.63. The predicted octanol–water partition coefficient (Wildman–Crippen LogP) is 2.62. The molecule has 1 aromatic carbocycles. The first kappa shape index (κ1) is 10.8. The Morgan fingerprint density at radius 1 is 1.36 bits per heavy atom. The minimum absolute atomic E-state index is 1.11. The number of benzene rings is 1. The van der Waals surface area contributed by atoms with Crippen molar-refractivity contribution in [1.29, 1.82) is 0 Å². The topological polar surface area (TPSA) is 0 Å². The van der Waals surface area contributed by atoms with Crippen LogP contribution in [0.3, 0.4) is 0 Å². The van der Waals surface area contributed by atoms with Gasteiger partial charge in [-0.25, -0.2) is 0 Å². The molecule has 0 bridgehead atoms. The van der Waals surface area contributed by atoms with Gasteiger partial charge in [-0.1, -0.05) is 56.3 Å². The van der Waals surface area contributed by atoms with E-state index in [-0.39, 0.29) is 0 Å². The maximum absolute atomic E-state index is 3.88. The lowest BCUT2D eigenvalue weighted by Gasteiger charge is -1.99. The summed E-state index contributed by atoms with van der Waals surface area (Å²) in [5.74, 6) is 0. The highest BCUT2D eigenvalue weighted by atomic mass is 14.0. The average Bonchev–Trinajstić information content (AvgIpc) is 2.26. The summed E-state index contributed by atoms with van der Waals surface area (Å²) in [7, 11) is 0. The molecule has 0 atom stereocenters. The van der Waals surface area contributed by atoms with Gasteiger partial charge in [0.2, 0.25) is 0 Å². The lowest BCUT2D eigenvalue weighted by molar-refractivity contribution is 0.973. The van der Waals surface area contributed by atoms with Crippen LogP contribution in [-0.4, -0.2) is 0 Å². The molecule has 0 amide bonds. The van der Waals surface area contributed by atoms with E-state index in [4.69, 9.17) is 0 Å². The third kappa shape index (κ3) is 2.35. The zero-order valence-electron chi connectivity index (χ0n) is 9.09. The molecule has 0 aromatic heterocycles. The molecule has 0 radical (unpaired) electrons. The van der Waals surface area contributed by atoms with E-state index in [0.717, 1.165) is 6.42 Å². The Labute approximate surface area is 86.3 Å². The van der Waals surface area contributed by atoms with Crippen LogP contribution in [0, 0.1) is 0 Å². The van der Waals surface area contributed by atoms with E-state index in [2.05, 4.69) is 50.8 Å². The molecular weight excluding hydrogens is 168 g/mol. The van der Waals surface area contributed by atoms with Crippen LogP contribution in [0.5, 0.6) is 0 Å². The fourth-order valence-electron chi connectivity index (χ4n) is 1.66. The summed E-state index contributed by atoms with van der Waals surface area (Å²) in [4.78, 5) is 0. The van der Waals surface area contributed by atoms with Crippen molar-refractivity contribution in [2.24, 2.45) is 0 Å². The summed E-state index contributed by atoms with van der Waals surface area (Å²) in [6.45, 7) is 8.15. The van der Waals surface area contributed by atoms with Gasteiger partial charge < -0.3 is 0 Å². The van der Waals surface area contributed by atoms with Crippen molar-refractivity contribution >= 4 is 11.6 Å². The van der Waals surface area contributed by atoms with Crippen LogP contribution in [0.4, 0.5) is 0 Å². The normalized spacial score (nSPS) is 14.0. The van der Waals surface area contributed by atoms with E-state index in [1.807, 2.05) is 6.08 Å². The van der Waals surface area contributed by atoms with Gasteiger partial charge in [0.15, 0.2) is 0 Å². The molecule has 0 saturated carbocycles. The van der Waals surface area contributed by atoms with E-state index in [0.29, 0.717) is 0 Å². The first-order chi connectivity index (χ1) is 6.83. The molecule has 0 N–H and O–H groups in total. The second kappa shape index (κ2) is 5.43. The molecule has 14 heavy (non-hydrogen) atoms. The molecular formula is C14H18. The third-order valence-electron chi connectivity index (χ3n) is 2.38. The van der Waals surface area contributed by atoms with Gasteiger partial charge >= 0.3 is 0 Å². The van der Waals surface area contributed by atoms with E-state index in [9.17, 15) is 0 Å². The maximum Gasteiger partial charge on any atom is -0.0155 e. The SMILES string of the molecule is C=C/C(CCC)=c1/cccc/c1=C/C. The molecule has 74 valence electrons. The molecule has 0 fully saturated rings. The van der Waals surface area contributed by atoms with Crippen LogP contribution in [0.2, 0.25) is 0 Å². The van der Waals surface area contributed by atoms with E-state index >= 15 is 0 Å². The molecule has 0 aliphatic carbocycles. The molecule has 0 saturated heterocycles. The predicted molar refractivity (Wildman–Crippen MR) is 64.3 cm³/mol. The summed E-state index contributed by atoms with van der Waals surface area (Å²) < 4.78 is 0. The number of allylic oxidation sites excluding steroid dienone is 1. The quantitative estimate of drug-likeness (QED) is 0.680. The summed E-state index contributed by atoms with van der Waals surface area (Å²) in [6, 6.07) is 8.48. The van der Waals surface area contributed by atoms with Gasteiger partial charge in [-0.3, -0.25) is 0 Å². The van der Waals surface area contributed by atoms with Crippen molar-refractivity contribution in [3.8, 4) is 0 Å². The van der Waals surface area contributed by atoms with Crippen molar-refractivity contribution in [3.63, 3.8) is 0 Å². The first-order valence-electron chi connectivity index (χ1n) is 5.20. The summed E-state index contributed by atoms with van der Waals surface area (Å²) >= 11 is 0. The Hall–Kier alpha value is -1.30. The molecule has 0 heterocycles. The van der Waals surface area contributed by atoms with Gasteiger partial charge in [-0.2, -0.15) is 0 Å². The molecule has 1 aromatic rings. The molecule has 0 aliphatic rings. The summed E-state index contributed by atoms with van der Waals surface area (Å²) in [6.07, 6.45) is 6.40. The Kier molecular flexibility index (Phi) is 4.18. The van der Waals surface area contributed by atoms with E-state index < -0.39 is 0 Å². The van der Waals surface area contributed by atoms with Crippen LogP contribution >= 0.6 is 0 Å². The highest BCUT2D eigenvalue weighted by Gasteiger charge is 1.92. The number of rotatable bonds is 3. The standard InChI is InChI=1S/C14H18/c1-4-9-12(5-2)14-11-8-7-10-13(14)6-3/h5-8,10-11H,2,4,9H2,1,3H3/b13-6-,14-12+. The number of hydrogen-bond acceptors (Lipinski definition) is 0. The Balaban J connectivity index is 3.47. The van der Waals surface area contributed by atoms with Crippen molar-refractivity contribution in [3.05, 3.63) is 47.4 Å². The highest BCUT2D eigenvalue weighted by Crippen LogP contribution is 2.03. The highest BCUT2D eigenvalue weighted by molar-refractivity contribution is 5.56. The van der Waals surface area contributed by atoms with E-state index in [1.165, 1.54) is 22.4 Å². The lowest BCUT2D eigenvalue weighted by Crippen LogP contribution is -2.25. The van der Waals surface area contributed by atoms with Gasteiger partial charge in [0.05, 0.1) is 0 Å². The second-order valence-electron chi connectivity index (χ2n) is 3.36. The fraction of sp³-hybridized carbons (Fsp3) is 0.286. The smallest absolute Gasteiger partial charge is 0.0155 e. The average molecular weight is 186 g/mol. The van der Waals surface area contributed by atoms with Gasteiger partial charge in [-0.15, -0.1) is 0 Å². The Bertz CT molecular complexity index is 410. The lowest BCUT2D eigenvalue weighted by atomic mass is 10.1. The maximum atomic E-state index is 3.88. The van der Waals surface area contributed by atoms with Gasteiger partial charge in [0.25, 0.3) is 0 Å². The van der Waals surface area contributed by atoms with Crippen molar-refractivity contribution in [2.75, 3.05) is 0 Å². The van der Waals surface area contributed by atoms with Crippen LogP contribution in [0.15, 0.2) is 36.9 Å². The fourth-order valence-corrected chi connectivity index (χ4v) is 1.66. The minimum Gasteiger partial charge on any atom is -0.0988 e. The zero-order chi connectivity index (χ0) is 10.4. The summed E-state index contributed by atoms with van der Waals surface area (Å²) in [5.41, 5.74) is 1.35. The van der Waals surface area contributed by atoms with Crippen molar-refractivity contribution in [2.45, 2.75) is 26.7 Å². The minimum atomic E-state index is 1.11. The van der Waals surface area contributed by atoms with Crippen molar-refractivity contribution < 1.29 is 0 Å². The zero-order valence-corrected chi connectivity index (χ0v) is 9.09. The monoisotopic (exact) mass is 186 g/mol. The van der Waals surface area contributed by atoms with E-state index in [1.54, 1.807) is 0 Å². The van der Waals surface area contributed by atoms with Gasteiger partial charge in [0, 0.05) is 0 Å².